The van der Waals surface area contributed by atoms with Crippen LogP contribution in [0.5, 0.6) is 0 Å². The van der Waals surface area contributed by atoms with E-state index in [1.807, 2.05) is 0 Å². The molecule has 1 aromatic heterocycles. The molecule has 2 rings (SSSR count). The maximum absolute atomic E-state index is 5.57. The molecule has 2 heterocycles. The molecule has 2 N–H and O–H groups in total. The van der Waals surface area contributed by atoms with Gasteiger partial charge in [-0.1, -0.05) is 0 Å². The minimum atomic E-state index is -0.0942. The maximum Gasteiger partial charge on any atom is 0.225 e. The predicted octanol–water partition coefficient (Wildman–Crippen LogP) is 1.06. The van der Waals surface area contributed by atoms with Crippen LogP contribution in [0.1, 0.15) is 19.8 Å². The summed E-state index contributed by atoms with van der Waals surface area (Å²) in [6.07, 6.45) is 5.45. The monoisotopic (exact) mass is 222 g/mol. The van der Waals surface area contributed by atoms with E-state index in [1.54, 1.807) is 19.5 Å². The van der Waals surface area contributed by atoms with Gasteiger partial charge in [-0.25, -0.2) is 9.97 Å². The van der Waals surface area contributed by atoms with Crippen molar-refractivity contribution < 1.29 is 4.74 Å². The molecule has 5 nitrogen and oxygen atoms in total. The van der Waals surface area contributed by atoms with Crippen LogP contribution in [0.2, 0.25) is 0 Å². The van der Waals surface area contributed by atoms with Crippen LogP contribution in [0.25, 0.3) is 0 Å². The third-order valence-corrected chi connectivity index (χ3v) is 3.09. The van der Waals surface area contributed by atoms with Gasteiger partial charge in [0.05, 0.1) is 23.7 Å². The number of piperidine rings is 1. The van der Waals surface area contributed by atoms with Crippen LogP contribution in [0.4, 0.5) is 11.6 Å². The van der Waals surface area contributed by atoms with E-state index in [1.165, 1.54) is 0 Å². The lowest BCUT2D eigenvalue weighted by molar-refractivity contribution is -0.00498. The van der Waals surface area contributed by atoms with E-state index in [9.17, 15) is 0 Å². The number of hydrogen-bond donors (Lipinski definition) is 1. The average molecular weight is 222 g/mol. The minimum Gasteiger partial charge on any atom is -0.396 e. The molecule has 0 bridgehead atoms. The molecule has 0 radical (unpaired) electrons. The van der Waals surface area contributed by atoms with E-state index in [2.05, 4.69) is 21.8 Å². The molecule has 1 saturated heterocycles. The topological polar surface area (TPSA) is 64.3 Å². The first kappa shape index (κ1) is 11.1. The number of nitrogens with zero attached hydrogens (tertiary/aromatic N) is 3. The average Bonchev–Trinajstić information content (AvgIpc) is 2.30. The predicted molar refractivity (Wildman–Crippen MR) is 63.3 cm³/mol. The first-order valence-electron chi connectivity index (χ1n) is 5.51. The fraction of sp³-hybridized carbons (Fsp3) is 0.636. The SMILES string of the molecule is COC1(C)CCCN(c2ncc(N)cn2)C1. The van der Waals surface area contributed by atoms with Crippen molar-refractivity contribution in [3.05, 3.63) is 12.4 Å². The van der Waals surface area contributed by atoms with Gasteiger partial charge in [0.2, 0.25) is 5.95 Å². The number of nitrogen functional groups attached to an aromatic ring is 1. The lowest BCUT2D eigenvalue weighted by atomic mass is 9.95. The summed E-state index contributed by atoms with van der Waals surface area (Å²) in [6.45, 7) is 3.92. The molecule has 1 aliphatic rings. The molecule has 5 heteroatoms. The Bertz CT molecular complexity index is 354. The van der Waals surface area contributed by atoms with Crippen molar-refractivity contribution in [2.45, 2.75) is 25.4 Å². The normalized spacial score (nSPS) is 25.8. The highest BCUT2D eigenvalue weighted by Crippen LogP contribution is 2.25. The third-order valence-electron chi connectivity index (χ3n) is 3.09. The van der Waals surface area contributed by atoms with Crippen LogP contribution in [-0.2, 0) is 4.74 Å². The number of methoxy groups -OCH3 is 1. The molecule has 1 aromatic rings. The summed E-state index contributed by atoms with van der Waals surface area (Å²) in [5.74, 6) is 0.733. The molecule has 88 valence electrons. The molecule has 0 aromatic carbocycles. The summed E-state index contributed by atoms with van der Waals surface area (Å²) in [4.78, 5) is 10.6. The molecule has 1 fully saturated rings. The molecule has 1 atom stereocenters. The number of nitrogens with two attached hydrogens (primary N) is 1. The highest BCUT2D eigenvalue weighted by atomic mass is 16.5. The first-order valence-corrected chi connectivity index (χ1v) is 5.51. The Kier molecular flexibility index (Phi) is 2.96. The number of rotatable bonds is 2. The fourth-order valence-electron chi connectivity index (χ4n) is 2.04. The molecular weight excluding hydrogens is 204 g/mol. The second kappa shape index (κ2) is 4.25. The molecule has 0 saturated carbocycles. The van der Waals surface area contributed by atoms with Gasteiger partial charge in [0, 0.05) is 20.2 Å². The van der Waals surface area contributed by atoms with Gasteiger partial charge < -0.3 is 15.4 Å². The molecule has 16 heavy (non-hydrogen) atoms. The summed E-state index contributed by atoms with van der Waals surface area (Å²) < 4.78 is 5.53. The van der Waals surface area contributed by atoms with Gasteiger partial charge in [0.1, 0.15) is 0 Å². The summed E-state index contributed by atoms with van der Waals surface area (Å²) in [5, 5.41) is 0. The number of anilines is 2. The van der Waals surface area contributed by atoms with E-state index < -0.39 is 0 Å². The Labute approximate surface area is 95.6 Å². The maximum atomic E-state index is 5.57. The largest absolute Gasteiger partial charge is 0.396 e. The van der Waals surface area contributed by atoms with Gasteiger partial charge in [-0.15, -0.1) is 0 Å². The van der Waals surface area contributed by atoms with Crippen molar-refractivity contribution in [3.63, 3.8) is 0 Å². The van der Waals surface area contributed by atoms with Gasteiger partial charge in [-0.3, -0.25) is 0 Å². The van der Waals surface area contributed by atoms with E-state index in [-0.39, 0.29) is 5.60 Å². The summed E-state index contributed by atoms with van der Waals surface area (Å²) in [5.41, 5.74) is 6.07. The zero-order valence-electron chi connectivity index (χ0n) is 9.81. The van der Waals surface area contributed by atoms with Crippen molar-refractivity contribution >= 4 is 11.6 Å². The second-order valence-electron chi connectivity index (χ2n) is 4.50. The third kappa shape index (κ3) is 2.24. The Morgan fingerprint density at radius 1 is 1.44 bits per heavy atom. The van der Waals surface area contributed by atoms with Crippen LogP contribution >= 0.6 is 0 Å². The zero-order valence-corrected chi connectivity index (χ0v) is 9.81. The number of aromatic nitrogens is 2. The molecule has 0 amide bonds. The number of hydrogen-bond acceptors (Lipinski definition) is 5. The van der Waals surface area contributed by atoms with Crippen molar-refractivity contribution in [1.82, 2.24) is 9.97 Å². The summed E-state index contributed by atoms with van der Waals surface area (Å²) in [7, 11) is 1.76. The van der Waals surface area contributed by atoms with E-state index >= 15 is 0 Å². The molecule has 0 aliphatic carbocycles. The van der Waals surface area contributed by atoms with Crippen LogP contribution in [0, 0.1) is 0 Å². The lowest BCUT2D eigenvalue weighted by Crippen LogP contribution is -2.48. The van der Waals surface area contributed by atoms with E-state index in [0.29, 0.717) is 5.69 Å². The standard InChI is InChI=1S/C11H18N4O/c1-11(16-2)4-3-5-15(8-11)10-13-6-9(12)7-14-10/h6-7H,3-5,8,12H2,1-2H3. The minimum absolute atomic E-state index is 0.0942. The highest BCUT2D eigenvalue weighted by molar-refractivity contribution is 5.38. The number of ether oxygens (including phenoxy) is 1. The highest BCUT2D eigenvalue weighted by Gasteiger charge is 2.31. The van der Waals surface area contributed by atoms with Crippen LogP contribution in [0.15, 0.2) is 12.4 Å². The van der Waals surface area contributed by atoms with Gasteiger partial charge >= 0.3 is 0 Å². The second-order valence-corrected chi connectivity index (χ2v) is 4.50. The molecular formula is C11H18N4O. The molecule has 1 unspecified atom stereocenters. The first-order chi connectivity index (χ1) is 7.63. The quantitative estimate of drug-likeness (QED) is 0.810. The zero-order chi connectivity index (χ0) is 11.6. The Hall–Kier alpha value is -1.36. The van der Waals surface area contributed by atoms with Crippen LogP contribution in [0.3, 0.4) is 0 Å². The van der Waals surface area contributed by atoms with Gasteiger partial charge in [-0.05, 0) is 19.8 Å². The Morgan fingerprint density at radius 2 is 2.12 bits per heavy atom. The van der Waals surface area contributed by atoms with E-state index in [0.717, 1.165) is 31.9 Å². The lowest BCUT2D eigenvalue weighted by Gasteiger charge is -2.39. The van der Waals surface area contributed by atoms with Crippen molar-refractivity contribution in [1.29, 1.82) is 0 Å². The van der Waals surface area contributed by atoms with Crippen molar-refractivity contribution in [2.24, 2.45) is 0 Å². The smallest absolute Gasteiger partial charge is 0.225 e. The fourth-order valence-corrected chi connectivity index (χ4v) is 2.04. The summed E-state index contributed by atoms with van der Waals surface area (Å²) >= 11 is 0. The van der Waals surface area contributed by atoms with E-state index in [4.69, 9.17) is 10.5 Å². The molecule has 0 spiro atoms. The van der Waals surface area contributed by atoms with Crippen molar-refractivity contribution in [2.75, 3.05) is 30.8 Å². The summed E-state index contributed by atoms with van der Waals surface area (Å²) in [6, 6.07) is 0. The van der Waals surface area contributed by atoms with Gasteiger partial charge in [0.15, 0.2) is 0 Å². The Morgan fingerprint density at radius 3 is 2.75 bits per heavy atom. The molecule has 1 aliphatic heterocycles. The Balaban J connectivity index is 2.12. The van der Waals surface area contributed by atoms with Gasteiger partial charge in [-0.2, -0.15) is 0 Å². The van der Waals surface area contributed by atoms with Gasteiger partial charge in [0.25, 0.3) is 0 Å². The van der Waals surface area contributed by atoms with Crippen LogP contribution in [-0.4, -0.2) is 35.8 Å². The van der Waals surface area contributed by atoms with Crippen LogP contribution < -0.4 is 10.6 Å². The van der Waals surface area contributed by atoms with Crippen molar-refractivity contribution in [3.8, 4) is 0 Å².